The molecule has 0 aliphatic carbocycles. The van der Waals surface area contributed by atoms with E-state index in [2.05, 4.69) is 20.8 Å². The van der Waals surface area contributed by atoms with Gasteiger partial charge in [-0.05, 0) is 37.5 Å². The molecule has 1 fully saturated rings. The molecule has 0 radical (unpaired) electrons. The highest BCUT2D eigenvalue weighted by Gasteiger charge is 2.29. The summed E-state index contributed by atoms with van der Waals surface area (Å²) in [5.74, 6) is -0.769. The summed E-state index contributed by atoms with van der Waals surface area (Å²) >= 11 is 0.973. The van der Waals surface area contributed by atoms with Crippen molar-refractivity contribution in [3.63, 3.8) is 0 Å². The highest BCUT2D eigenvalue weighted by atomic mass is 32.1. The normalized spacial score (nSPS) is 14.0. The zero-order valence-electron chi connectivity index (χ0n) is 18.3. The Labute approximate surface area is 196 Å². The number of amides is 3. The number of aromatic nitrogens is 2. The second-order valence-corrected chi connectivity index (χ2v) is 8.98. The van der Waals surface area contributed by atoms with E-state index in [4.69, 9.17) is 0 Å². The van der Waals surface area contributed by atoms with Crippen LogP contribution in [0.1, 0.15) is 43.6 Å². The summed E-state index contributed by atoms with van der Waals surface area (Å²) in [6, 6.07) is 17.2. The van der Waals surface area contributed by atoms with E-state index in [-0.39, 0.29) is 27.7 Å². The number of aryl methyl sites for hydroxylation is 1. The van der Waals surface area contributed by atoms with Crippen LogP contribution in [0.25, 0.3) is 0 Å². The average molecular weight is 464 g/mol. The molecule has 3 aromatic rings. The van der Waals surface area contributed by atoms with E-state index in [9.17, 15) is 14.4 Å². The lowest BCUT2D eigenvalue weighted by atomic mass is 9.96. The van der Waals surface area contributed by atoms with Crippen molar-refractivity contribution in [1.82, 2.24) is 20.4 Å². The topological polar surface area (TPSA) is 104 Å². The largest absolute Gasteiger partial charge is 0.352 e. The van der Waals surface area contributed by atoms with E-state index in [0.29, 0.717) is 38.2 Å². The van der Waals surface area contributed by atoms with Gasteiger partial charge in [0.15, 0.2) is 0 Å². The third-order valence-electron chi connectivity index (χ3n) is 5.57. The second kappa shape index (κ2) is 10.4. The van der Waals surface area contributed by atoms with Crippen molar-refractivity contribution in [2.75, 3.05) is 18.4 Å². The van der Waals surface area contributed by atoms with Crippen LogP contribution in [-0.2, 0) is 11.3 Å². The predicted octanol–water partition coefficient (Wildman–Crippen LogP) is 3.27. The summed E-state index contributed by atoms with van der Waals surface area (Å²) in [6.07, 6.45) is 1.18. The number of benzene rings is 2. The molecule has 170 valence electrons. The number of carbonyl (C=O) groups excluding carboxylic acids is 3. The molecule has 0 atom stereocenters. The Morgan fingerprint density at radius 2 is 1.64 bits per heavy atom. The summed E-state index contributed by atoms with van der Waals surface area (Å²) < 4.78 is 0. The molecule has 0 unspecified atom stereocenters. The smallest absolute Gasteiger partial charge is 0.286 e. The first-order valence-electron chi connectivity index (χ1n) is 10.8. The summed E-state index contributed by atoms with van der Waals surface area (Å²) in [5, 5.41) is 13.9. The van der Waals surface area contributed by atoms with Crippen molar-refractivity contribution in [3.05, 3.63) is 75.7 Å². The fourth-order valence-electron chi connectivity index (χ4n) is 3.63. The lowest BCUT2D eigenvalue weighted by Gasteiger charge is -2.30. The molecule has 4 rings (SSSR count). The Morgan fingerprint density at radius 1 is 0.970 bits per heavy atom. The van der Waals surface area contributed by atoms with E-state index >= 15 is 0 Å². The van der Waals surface area contributed by atoms with Crippen LogP contribution in [-0.4, -0.2) is 45.9 Å². The van der Waals surface area contributed by atoms with Gasteiger partial charge in [-0.15, -0.1) is 10.2 Å². The molecular formula is C24H25N5O3S. The van der Waals surface area contributed by atoms with Gasteiger partial charge in [0.2, 0.25) is 15.9 Å². The fourth-order valence-corrected chi connectivity index (χ4v) is 4.34. The van der Waals surface area contributed by atoms with Crippen LogP contribution in [0.2, 0.25) is 0 Å². The lowest BCUT2D eigenvalue weighted by Crippen LogP contribution is -2.42. The Hall–Kier alpha value is -3.59. The minimum absolute atomic E-state index is 0.0110. The Morgan fingerprint density at radius 3 is 2.33 bits per heavy atom. The van der Waals surface area contributed by atoms with Crippen LogP contribution in [0.5, 0.6) is 0 Å². The molecule has 0 saturated carbocycles. The summed E-state index contributed by atoms with van der Waals surface area (Å²) in [4.78, 5) is 39.4. The number of likely N-dealkylation sites (tertiary alicyclic amines) is 1. The number of nitrogens with one attached hydrogen (secondary N) is 2. The van der Waals surface area contributed by atoms with Gasteiger partial charge in [-0.3, -0.25) is 14.4 Å². The van der Waals surface area contributed by atoms with Gasteiger partial charge in [-0.2, -0.15) is 0 Å². The molecule has 2 N–H and O–H groups in total. The van der Waals surface area contributed by atoms with Gasteiger partial charge in [0.05, 0.1) is 0 Å². The summed E-state index contributed by atoms with van der Waals surface area (Å²) in [5.41, 5.74) is 2.80. The van der Waals surface area contributed by atoms with Crippen LogP contribution in [0.4, 0.5) is 5.69 Å². The Balaban J connectivity index is 1.27. The van der Waals surface area contributed by atoms with E-state index < -0.39 is 5.91 Å². The van der Waals surface area contributed by atoms with E-state index in [1.165, 1.54) is 0 Å². The fraction of sp³-hybridized carbons (Fsp3) is 0.292. The van der Waals surface area contributed by atoms with Crippen LogP contribution in [0.3, 0.4) is 0 Å². The maximum atomic E-state index is 12.8. The molecule has 9 heteroatoms. The molecule has 0 bridgehead atoms. The van der Waals surface area contributed by atoms with Gasteiger partial charge in [0, 0.05) is 31.2 Å². The van der Waals surface area contributed by atoms with E-state index in [1.807, 2.05) is 49.4 Å². The van der Waals surface area contributed by atoms with Gasteiger partial charge in [-0.1, -0.05) is 59.4 Å². The zero-order valence-corrected chi connectivity index (χ0v) is 19.1. The highest BCUT2D eigenvalue weighted by molar-refractivity contribution is 7.15. The highest BCUT2D eigenvalue weighted by Crippen LogP contribution is 2.21. The van der Waals surface area contributed by atoms with E-state index in [1.54, 1.807) is 17.0 Å². The second-order valence-electron chi connectivity index (χ2n) is 8.00. The maximum absolute atomic E-state index is 12.8. The third-order valence-corrected chi connectivity index (χ3v) is 6.48. The van der Waals surface area contributed by atoms with Crippen molar-refractivity contribution in [2.45, 2.75) is 26.3 Å². The number of carbonyl (C=O) groups is 3. The third kappa shape index (κ3) is 5.81. The Bertz CT molecular complexity index is 1120. The van der Waals surface area contributed by atoms with Crippen LogP contribution in [0, 0.1) is 12.8 Å². The molecule has 8 nitrogen and oxygen atoms in total. The number of anilines is 1. The Kier molecular flexibility index (Phi) is 7.09. The first kappa shape index (κ1) is 22.6. The van der Waals surface area contributed by atoms with Crippen LogP contribution in [0.15, 0.2) is 54.6 Å². The number of piperidine rings is 1. The quantitative estimate of drug-likeness (QED) is 0.584. The molecule has 33 heavy (non-hydrogen) atoms. The van der Waals surface area contributed by atoms with Gasteiger partial charge in [0.1, 0.15) is 0 Å². The molecule has 1 aliphatic heterocycles. The van der Waals surface area contributed by atoms with Crippen LogP contribution < -0.4 is 10.6 Å². The first-order chi connectivity index (χ1) is 16.0. The molecule has 3 amide bonds. The van der Waals surface area contributed by atoms with Crippen molar-refractivity contribution in [3.8, 4) is 0 Å². The van der Waals surface area contributed by atoms with Crippen molar-refractivity contribution < 1.29 is 14.4 Å². The van der Waals surface area contributed by atoms with Crippen molar-refractivity contribution in [1.29, 1.82) is 0 Å². The SMILES string of the molecule is Cc1ccc(NC(=O)c2nnc(C(=O)N3CCC(C(=O)NCc4ccccc4)CC3)s2)cc1. The predicted molar refractivity (Wildman–Crippen MR) is 126 cm³/mol. The minimum atomic E-state index is -0.399. The zero-order chi connectivity index (χ0) is 23.2. The van der Waals surface area contributed by atoms with Crippen molar-refractivity contribution >= 4 is 34.7 Å². The molecule has 0 spiro atoms. The van der Waals surface area contributed by atoms with Crippen LogP contribution >= 0.6 is 11.3 Å². The number of hydrogen-bond acceptors (Lipinski definition) is 6. The molecule has 1 aromatic heterocycles. The lowest BCUT2D eigenvalue weighted by molar-refractivity contribution is -0.126. The minimum Gasteiger partial charge on any atom is -0.352 e. The van der Waals surface area contributed by atoms with Gasteiger partial charge in [-0.25, -0.2) is 0 Å². The summed E-state index contributed by atoms with van der Waals surface area (Å²) in [7, 11) is 0. The summed E-state index contributed by atoms with van der Waals surface area (Å²) in [6.45, 7) is 3.39. The molecular weight excluding hydrogens is 438 g/mol. The van der Waals surface area contributed by atoms with E-state index in [0.717, 1.165) is 22.5 Å². The van der Waals surface area contributed by atoms with Gasteiger partial charge < -0.3 is 15.5 Å². The number of rotatable bonds is 6. The maximum Gasteiger partial charge on any atom is 0.286 e. The average Bonchev–Trinajstić information content (AvgIpc) is 3.35. The molecule has 2 aromatic carbocycles. The number of hydrogen-bond donors (Lipinski definition) is 2. The van der Waals surface area contributed by atoms with Gasteiger partial charge >= 0.3 is 0 Å². The monoisotopic (exact) mass is 463 g/mol. The number of nitrogens with zero attached hydrogens (tertiary/aromatic N) is 3. The van der Waals surface area contributed by atoms with Gasteiger partial charge in [0.25, 0.3) is 11.8 Å². The first-order valence-corrected chi connectivity index (χ1v) is 11.6. The molecule has 2 heterocycles. The standard InChI is InChI=1S/C24H25N5O3S/c1-16-7-9-19(10-8-16)26-21(31)22-27-28-23(33-22)24(32)29-13-11-18(12-14-29)20(30)25-15-17-5-3-2-4-6-17/h2-10,18H,11-15H2,1H3,(H,25,30)(H,26,31). The molecule has 1 aliphatic rings. The molecule has 1 saturated heterocycles. The van der Waals surface area contributed by atoms with Crippen molar-refractivity contribution in [2.24, 2.45) is 5.92 Å².